The van der Waals surface area contributed by atoms with Gasteiger partial charge >= 0.3 is 0 Å². The number of aromatic nitrogens is 2. The molecule has 0 bridgehead atoms. The van der Waals surface area contributed by atoms with Crippen LogP contribution in [0.5, 0.6) is 0 Å². The minimum Gasteiger partial charge on any atom is -0.383 e. The van der Waals surface area contributed by atoms with Gasteiger partial charge in [0.25, 0.3) is 0 Å². The molecule has 0 atom stereocenters. The van der Waals surface area contributed by atoms with E-state index < -0.39 is 0 Å². The molecule has 110 valence electrons. The van der Waals surface area contributed by atoms with Crippen molar-refractivity contribution in [2.45, 2.75) is 13.8 Å². The largest absolute Gasteiger partial charge is 0.383 e. The lowest BCUT2D eigenvalue weighted by Gasteiger charge is -2.05. The SMILES string of the molecule is Cc1cc(Cl)ccc1-c1nc2c3ccsc3cc(C)n2c1N. The number of aryl methyl sites for hydroxylation is 2. The Hall–Kier alpha value is -2.04. The molecule has 2 N–H and O–H groups in total. The van der Waals surface area contributed by atoms with Gasteiger partial charge in [0.1, 0.15) is 17.2 Å². The third-order valence-electron chi connectivity index (χ3n) is 3.99. The second-order valence-electron chi connectivity index (χ2n) is 5.45. The highest BCUT2D eigenvalue weighted by Gasteiger charge is 2.17. The monoisotopic (exact) mass is 327 g/mol. The molecular weight excluding hydrogens is 314 g/mol. The van der Waals surface area contributed by atoms with E-state index in [0.717, 1.165) is 38.6 Å². The molecule has 3 aromatic heterocycles. The van der Waals surface area contributed by atoms with Crippen LogP contribution in [0, 0.1) is 13.8 Å². The van der Waals surface area contributed by atoms with Crippen LogP contribution in [0.3, 0.4) is 0 Å². The van der Waals surface area contributed by atoms with Crippen LogP contribution >= 0.6 is 22.9 Å². The van der Waals surface area contributed by atoms with Gasteiger partial charge in [-0.1, -0.05) is 17.7 Å². The molecule has 0 aliphatic heterocycles. The summed E-state index contributed by atoms with van der Waals surface area (Å²) in [5.74, 6) is 0.672. The topological polar surface area (TPSA) is 43.3 Å². The Labute approximate surface area is 137 Å². The zero-order chi connectivity index (χ0) is 15.4. The van der Waals surface area contributed by atoms with Crippen LogP contribution in [0.15, 0.2) is 35.7 Å². The van der Waals surface area contributed by atoms with Gasteiger partial charge in [0, 0.05) is 26.4 Å². The minimum absolute atomic E-state index is 0.672. The van der Waals surface area contributed by atoms with Gasteiger partial charge in [-0.05, 0) is 49.1 Å². The Morgan fingerprint density at radius 1 is 1.18 bits per heavy atom. The maximum atomic E-state index is 6.41. The molecular formula is C17H14ClN3S. The van der Waals surface area contributed by atoms with Gasteiger partial charge in [-0.2, -0.15) is 0 Å². The van der Waals surface area contributed by atoms with Gasteiger partial charge in [0.15, 0.2) is 0 Å². The van der Waals surface area contributed by atoms with Gasteiger partial charge in [-0.25, -0.2) is 4.98 Å². The summed E-state index contributed by atoms with van der Waals surface area (Å²) in [4.78, 5) is 4.84. The van der Waals surface area contributed by atoms with Crippen LogP contribution in [0.1, 0.15) is 11.3 Å². The number of fused-ring (bicyclic) bond motifs is 3. The van der Waals surface area contributed by atoms with Gasteiger partial charge in [0.05, 0.1) is 0 Å². The summed E-state index contributed by atoms with van der Waals surface area (Å²) in [5.41, 5.74) is 11.3. The molecule has 3 heterocycles. The Morgan fingerprint density at radius 3 is 2.77 bits per heavy atom. The van der Waals surface area contributed by atoms with E-state index in [0.29, 0.717) is 5.82 Å². The second-order valence-corrected chi connectivity index (χ2v) is 6.83. The van der Waals surface area contributed by atoms with Crippen LogP contribution in [0.4, 0.5) is 5.82 Å². The van der Waals surface area contributed by atoms with Gasteiger partial charge in [-0.3, -0.25) is 4.40 Å². The molecule has 0 saturated heterocycles. The smallest absolute Gasteiger partial charge is 0.148 e. The molecule has 0 radical (unpaired) electrons. The highest BCUT2D eigenvalue weighted by atomic mass is 35.5. The number of pyridine rings is 1. The minimum atomic E-state index is 0.672. The van der Waals surface area contributed by atoms with Crippen LogP contribution < -0.4 is 5.73 Å². The lowest BCUT2D eigenvalue weighted by Crippen LogP contribution is -1.98. The molecule has 4 rings (SSSR count). The lowest BCUT2D eigenvalue weighted by atomic mass is 10.1. The average molecular weight is 328 g/mol. The van der Waals surface area contributed by atoms with Crippen LogP contribution in [0.2, 0.25) is 5.02 Å². The number of hydrogen-bond donors (Lipinski definition) is 1. The Bertz CT molecular complexity index is 1030. The highest BCUT2D eigenvalue weighted by molar-refractivity contribution is 7.17. The van der Waals surface area contributed by atoms with Crippen molar-refractivity contribution in [3.63, 3.8) is 0 Å². The molecule has 22 heavy (non-hydrogen) atoms. The molecule has 0 aliphatic carbocycles. The maximum absolute atomic E-state index is 6.41. The first-order valence-electron chi connectivity index (χ1n) is 6.97. The molecule has 0 saturated carbocycles. The van der Waals surface area contributed by atoms with Crippen LogP contribution in [-0.2, 0) is 0 Å². The Morgan fingerprint density at radius 2 is 2.00 bits per heavy atom. The zero-order valence-electron chi connectivity index (χ0n) is 12.2. The van der Waals surface area contributed by atoms with Crippen molar-refractivity contribution in [1.29, 1.82) is 0 Å². The van der Waals surface area contributed by atoms with Crippen molar-refractivity contribution in [2.75, 3.05) is 5.73 Å². The summed E-state index contributed by atoms with van der Waals surface area (Å²) in [5, 5.41) is 3.95. The molecule has 0 unspecified atom stereocenters. The van der Waals surface area contributed by atoms with E-state index in [2.05, 4.69) is 24.4 Å². The molecule has 0 fully saturated rings. The Balaban J connectivity index is 2.11. The fraction of sp³-hybridized carbons (Fsp3) is 0.118. The summed E-state index contributed by atoms with van der Waals surface area (Å²) in [6.07, 6.45) is 0. The van der Waals surface area contributed by atoms with Gasteiger partial charge < -0.3 is 5.73 Å². The van der Waals surface area contributed by atoms with Crippen LogP contribution in [-0.4, -0.2) is 9.38 Å². The number of imidazole rings is 1. The molecule has 0 aliphatic rings. The molecule has 5 heteroatoms. The normalized spacial score (nSPS) is 11.6. The highest BCUT2D eigenvalue weighted by Crippen LogP contribution is 2.35. The summed E-state index contributed by atoms with van der Waals surface area (Å²) < 4.78 is 3.26. The first-order chi connectivity index (χ1) is 10.6. The fourth-order valence-corrected chi connectivity index (χ4v) is 4.04. The van der Waals surface area contributed by atoms with Crippen molar-refractivity contribution >= 4 is 44.5 Å². The maximum Gasteiger partial charge on any atom is 0.148 e. The summed E-state index contributed by atoms with van der Waals surface area (Å²) in [6, 6.07) is 10.0. The van der Waals surface area contributed by atoms with Crippen molar-refractivity contribution in [3.8, 4) is 11.3 Å². The first-order valence-corrected chi connectivity index (χ1v) is 8.23. The number of anilines is 1. The second kappa shape index (κ2) is 4.73. The van der Waals surface area contributed by atoms with Gasteiger partial charge in [0.2, 0.25) is 0 Å². The lowest BCUT2D eigenvalue weighted by molar-refractivity contribution is 1.12. The average Bonchev–Trinajstić information content (AvgIpc) is 3.04. The van der Waals surface area contributed by atoms with E-state index in [9.17, 15) is 0 Å². The number of rotatable bonds is 1. The van der Waals surface area contributed by atoms with E-state index in [1.165, 1.54) is 4.70 Å². The van der Waals surface area contributed by atoms with E-state index in [1.54, 1.807) is 11.3 Å². The predicted molar refractivity (Wildman–Crippen MR) is 94.9 cm³/mol. The molecule has 0 amide bonds. The number of benzene rings is 1. The molecule has 3 nitrogen and oxygen atoms in total. The van der Waals surface area contributed by atoms with Crippen LogP contribution in [0.25, 0.3) is 27.0 Å². The molecule has 0 spiro atoms. The van der Waals surface area contributed by atoms with E-state index in [4.69, 9.17) is 22.3 Å². The first kappa shape index (κ1) is 13.6. The molecule has 4 aromatic rings. The van der Waals surface area contributed by atoms with Gasteiger partial charge in [-0.15, -0.1) is 11.3 Å². The number of hydrogen-bond acceptors (Lipinski definition) is 3. The third kappa shape index (κ3) is 1.84. The standard InChI is InChI=1S/C17H14ClN3S/c1-9-7-11(18)3-4-12(9)15-16(19)21-10(2)8-14-13(5-6-22-14)17(21)20-15/h3-8H,19H2,1-2H3. The quantitative estimate of drug-likeness (QED) is 0.530. The molecule has 1 aromatic carbocycles. The van der Waals surface area contributed by atoms with E-state index in [-0.39, 0.29) is 0 Å². The zero-order valence-corrected chi connectivity index (χ0v) is 13.8. The van der Waals surface area contributed by atoms with Crippen molar-refractivity contribution < 1.29 is 0 Å². The summed E-state index contributed by atoms with van der Waals surface area (Å²) in [6.45, 7) is 4.08. The number of halogens is 1. The van der Waals surface area contributed by atoms with Crippen molar-refractivity contribution in [3.05, 3.63) is 52.0 Å². The number of nitrogens with zero attached hydrogens (tertiary/aromatic N) is 2. The Kier molecular flexibility index (Phi) is 2.93. The number of nitrogen functional groups attached to an aromatic ring is 1. The number of nitrogens with two attached hydrogens (primary N) is 1. The fourth-order valence-electron chi connectivity index (χ4n) is 2.93. The van der Waals surface area contributed by atoms with E-state index >= 15 is 0 Å². The van der Waals surface area contributed by atoms with Crippen molar-refractivity contribution in [2.24, 2.45) is 0 Å². The number of thiophene rings is 1. The predicted octanol–water partition coefficient (Wildman–Crippen LogP) is 5.07. The third-order valence-corrected chi connectivity index (χ3v) is 5.08. The van der Waals surface area contributed by atoms with Crippen molar-refractivity contribution in [1.82, 2.24) is 9.38 Å². The summed E-state index contributed by atoms with van der Waals surface area (Å²) in [7, 11) is 0. The summed E-state index contributed by atoms with van der Waals surface area (Å²) >= 11 is 7.78. The van der Waals surface area contributed by atoms with E-state index in [1.807, 2.05) is 29.5 Å².